The van der Waals surface area contributed by atoms with Crippen molar-refractivity contribution < 1.29 is 24.9 Å². The maximum absolute atomic E-state index is 11.6. The quantitative estimate of drug-likeness (QED) is 0.584. The van der Waals surface area contributed by atoms with Crippen LogP contribution in [0.5, 0.6) is 0 Å². The van der Waals surface area contributed by atoms with E-state index in [1.54, 1.807) is 6.07 Å². The molecule has 1 atom stereocenters. The number of Topliss-reactive ketones (excluding diaryl/α,β-unsaturated/α-hetero) is 1. The molecular weight excluding hydrogens is 260 g/mol. The third kappa shape index (κ3) is 3.86. The molecule has 0 saturated heterocycles. The van der Waals surface area contributed by atoms with E-state index in [1.807, 2.05) is 0 Å². The Morgan fingerprint density at radius 3 is 2.45 bits per heavy atom. The first-order valence-corrected chi connectivity index (χ1v) is 5.65. The first kappa shape index (κ1) is 15.3. The fourth-order valence-electron chi connectivity index (χ4n) is 1.39. The Morgan fingerprint density at radius 2 is 2.00 bits per heavy atom. The predicted molar refractivity (Wildman–Crippen MR) is 68.3 cm³/mol. The van der Waals surface area contributed by atoms with Gasteiger partial charge in [-0.15, -0.1) is 0 Å². The SMILES string of the molecule is C=C([NH3+])[C@@H](C#N)C(=O)COC(=O)c1ccc(C=O)cc1. The van der Waals surface area contributed by atoms with Crippen LogP contribution >= 0.6 is 0 Å². The Bertz CT molecular complexity index is 584. The zero-order valence-corrected chi connectivity index (χ0v) is 10.7. The Morgan fingerprint density at radius 1 is 1.40 bits per heavy atom. The van der Waals surface area contributed by atoms with Gasteiger partial charge in [-0.3, -0.25) is 9.59 Å². The molecule has 0 spiro atoms. The van der Waals surface area contributed by atoms with Crippen molar-refractivity contribution in [3.63, 3.8) is 0 Å². The highest BCUT2D eigenvalue weighted by Gasteiger charge is 2.23. The molecule has 0 heterocycles. The van der Waals surface area contributed by atoms with Gasteiger partial charge in [0, 0.05) is 5.56 Å². The zero-order chi connectivity index (χ0) is 15.1. The van der Waals surface area contributed by atoms with E-state index < -0.39 is 24.3 Å². The van der Waals surface area contributed by atoms with Gasteiger partial charge < -0.3 is 10.5 Å². The highest BCUT2D eigenvalue weighted by molar-refractivity contribution is 5.93. The second-order valence-corrected chi connectivity index (χ2v) is 4.00. The van der Waals surface area contributed by atoms with E-state index in [1.165, 1.54) is 24.3 Å². The minimum Gasteiger partial charge on any atom is -0.454 e. The molecule has 1 aromatic rings. The number of benzene rings is 1. The van der Waals surface area contributed by atoms with Gasteiger partial charge in [0.25, 0.3) is 0 Å². The molecule has 0 saturated carbocycles. The van der Waals surface area contributed by atoms with Crippen LogP contribution in [-0.2, 0) is 9.53 Å². The minimum atomic E-state index is -1.08. The number of esters is 1. The molecule has 0 aromatic heterocycles. The predicted octanol–water partition coefficient (Wildman–Crippen LogP) is 0.120. The second kappa shape index (κ2) is 6.97. The smallest absolute Gasteiger partial charge is 0.338 e. The van der Waals surface area contributed by atoms with E-state index >= 15 is 0 Å². The fraction of sp³-hybridized carbons (Fsp3) is 0.143. The maximum Gasteiger partial charge on any atom is 0.338 e. The lowest BCUT2D eigenvalue weighted by Gasteiger charge is -2.06. The molecule has 102 valence electrons. The largest absolute Gasteiger partial charge is 0.454 e. The summed E-state index contributed by atoms with van der Waals surface area (Å²) in [7, 11) is 0. The number of carbonyl (C=O) groups is 3. The first-order valence-electron chi connectivity index (χ1n) is 5.65. The van der Waals surface area contributed by atoms with Gasteiger partial charge in [0.05, 0.1) is 11.6 Å². The number of carbonyl (C=O) groups excluding carboxylic acids is 3. The normalized spacial score (nSPS) is 11.0. The van der Waals surface area contributed by atoms with Crippen molar-refractivity contribution in [2.45, 2.75) is 0 Å². The zero-order valence-electron chi connectivity index (χ0n) is 10.7. The number of nitrogens with zero attached hydrogens (tertiary/aromatic N) is 1. The average molecular weight is 273 g/mol. The van der Waals surface area contributed by atoms with Gasteiger partial charge in [0.1, 0.15) is 12.0 Å². The molecule has 0 unspecified atom stereocenters. The molecule has 0 aliphatic rings. The summed E-state index contributed by atoms with van der Waals surface area (Å²) in [5, 5.41) is 8.76. The van der Waals surface area contributed by atoms with Crippen molar-refractivity contribution in [3.8, 4) is 6.07 Å². The lowest BCUT2D eigenvalue weighted by atomic mass is 10.0. The number of rotatable bonds is 6. The van der Waals surface area contributed by atoms with Crippen LogP contribution in [0.2, 0.25) is 0 Å². The monoisotopic (exact) mass is 273 g/mol. The van der Waals surface area contributed by atoms with E-state index in [4.69, 9.17) is 10.00 Å². The van der Waals surface area contributed by atoms with Gasteiger partial charge >= 0.3 is 5.97 Å². The van der Waals surface area contributed by atoms with Gasteiger partial charge in [-0.25, -0.2) is 4.79 Å². The summed E-state index contributed by atoms with van der Waals surface area (Å²) in [5.74, 6) is -2.37. The summed E-state index contributed by atoms with van der Waals surface area (Å²) in [5.41, 5.74) is 4.22. The number of ether oxygens (including phenoxy) is 1. The summed E-state index contributed by atoms with van der Waals surface area (Å²) in [6.07, 6.45) is 0.649. The molecule has 3 N–H and O–H groups in total. The summed E-state index contributed by atoms with van der Waals surface area (Å²) < 4.78 is 4.80. The average Bonchev–Trinajstić information content (AvgIpc) is 2.45. The molecule has 6 nitrogen and oxygen atoms in total. The van der Waals surface area contributed by atoms with Crippen LogP contribution in [0.15, 0.2) is 36.5 Å². The first-order chi connectivity index (χ1) is 9.49. The van der Waals surface area contributed by atoms with Gasteiger partial charge in [0.15, 0.2) is 18.3 Å². The molecule has 0 aliphatic heterocycles. The van der Waals surface area contributed by atoms with Crippen LogP contribution < -0.4 is 5.73 Å². The van der Waals surface area contributed by atoms with Gasteiger partial charge in [-0.1, -0.05) is 12.1 Å². The Balaban J connectivity index is 2.63. The number of aldehydes is 1. The standard InChI is InChI=1S/C14H12N2O4/c1-9(16)12(6-15)13(18)8-20-14(19)11-4-2-10(7-17)3-5-11/h2-5,7,12H,1,8,16H2/p+1/t12-/m1/s1. The van der Waals surface area contributed by atoms with Gasteiger partial charge in [-0.2, -0.15) is 5.26 Å². The van der Waals surface area contributed by atoms with Crippen molar-refractivity contribution >= 4 is 18.0 Å². The third-order valence-electron chi connectivity index (χ3n) is 2.49. The lowest BCUT2D eigenvalue weighted by molar-refractivity contribution is -0.309. The highest BCUT2D eigenvalue weighted by atomic mass is 16.5. The molecule has 20 heavy (non-hydrogen) atoms. The number of allylic oxidation sites excluding steroid dienone is 1. The van der Waals surface area contributed by atoms with Crippen molar-refractivity contribution in [2.75, 3.05) is 6.61 Å². The van der Waals surface area contributed by atoms with Crippen molar-refractivity contribution in [1.29, 1.82) is 5.26 Å². The summed E-state index contributed by atoms with van der Waals surface area (Å²) in [4.78, 5) is 33.7. The number of hydrogen-bond donors (Lipinski definition) is 1. The molecule has 6 heteroatoms. The van der Waals surface area contributed by atoms with Crippen LogP contribution in [-0.4, -0.2) is 24.6 Å². The molecule has 0 radical (unpaired) electrons. The number of ketones is 1. The summed E-state index contributed by atoms with van der Waals surface area (Å²) >= 11 is 0. The van der Waals surface area contributed by atoms with E-state index in [2.05, 4.69) is 12.3 Å². The fourth-order valence-corrected chi connectivity index (χ4v) is 1.39. The van der Waals surface area contributed by atoms with E-state index in [-0.39, 0.29) is 11.3 Å². The Hall–Kier alpha value is -2.78. The van der Waals surface area contributed by atoms with Crippen LogP contribution in [0.25, 0.3) is 0 Å². The van der Waals surface area contributed by atoms with Crippen molar-refractivity contribution in [1.82, 2.24) is 0 Å². The Kier molecular flexibility index (Phi) is 5.32. The minimum absolute atomic E-state index is 0.156. The summed E-state index contributed by atoms with van der Waals surface area (Å²) in [6, 6.07) is 7.49. The van der Waals surface area contributed by atoms with E-state index in [0.29, 0.717) is 11.8 Å². The molecule has 1 aromatic carbocycles. The van der Waals surface area contributed by atoms with Crippen molar-refractivity contribution in [3.05, 3.63) is 47.7 Å². The number of hydrogen-bond acceptors (Lipinski definition) is 5. The molecule has 0 amide bonds. The molecule has 0 aliphatic carbocycles. The number of quaternary nitrogens is 1. The van der Waals surface area contributed by atoms with Crippen molar-refractivity contribution in [2.24, 2.45) is 5.92 Å². The van der Waals surface area contributed by atoms with E-state index in [0.717, 1.165) is 0 Å². The molecule has 0 bridgehead atoms. The molecule has 0 fully saturated rings. The lowest BCUT2D eigenvalue weighted by Crippen LogP contribution is -2.51. The van der Waals surface area contributed by atoms with E-state index in [9.17, 15) is 14.4 Å². The second-order valence-electron chi connectivity index (χ2n) is 4.00. The van der Waals surface area contributed by atoms with Gasteiger partial charge in [0.2, 0.25) is 0 Å². The van der Waals surface area contributed by atoms with Crippen LogP contribution in [0.1, 0.15) is 20.7 Å². The molecule has 1 rings (SSSR count). The third-order valence-corrected chi connectivity index (χ3v) is 2.49. The molecular formula is C14H13N2O4+. The van der Waals surface area contributed by atoms with Crippen LogP contribution in [0, 0.1) is 17.2 Å². The topological polar surface area (TPSA) is 112 Å². The number of nitriles is 1. The summed E-state index contributed by atoms with van der Waals surface area (Å²) in [6.45, 7) is 2.90. The highest BCUT2D eigenvalue weighted by Crippen LogP contribution is 2.07. The van der Waals surface area contributed by atoms with Crippen LogP contribution in [0.3, 0.4) is 0 Å². The Labute approximate surface area is 115 Å². The van der Waals surface area contributed by atoms with Gasteiger partial charge in [-0.05, 0) is 18.7 Å². The maximum atomic E-state index is 11.6. The van der Waals surface area contributed by atoms with Crippen LogP contribution in [0.4, 0.5) is 0 Å².